The first kappa shape index (κ1) is 20.2. The van der Waals surface area contributed by atoms with Crippen molar-refractivity contribution in [3.63, 3.8) is 0 Å². The molecule has 0 fully saturated rings. The van der Waals surface area contributed by atoms with Crippen LogP contribution in [0.2, 0.25) is 0 Å². The Hall–Kier alpha value is -2.58. The van der Waals surface area contributed by atoms with Crippen molar-refractivity contribution in [2.45, 2.75) is 33.4 Å². The number of aromatic amines is 1. The lowest BCUT2D eigenvalue weighted by molar-refractivity contribution is 0.0605. The van der Waals surface area contributed by atoms with Crippen molar-refractivity contribution in [3.8, 4) is 0 Å². The zero-order valence-corrected chi connectivity index (χ0v) is 17.0. The minimum Gasteiger partial charge on any atom is -0.465 e. The third kappa shape index (κ3) is 3.83. The van der Waals surface area contributed by atoms with Gasteiger partial charge in [0.1, 0.15) is 21.3 Å². The van der Waals surface area contributed by atoms with Gasteiger partial charge >= 0.3 is 5.97 Å². The molecule has 0 spiro atoms. The first-order valence-corrected chi connectivity index (χ1v) is 9.77. The third-order valence-electron chi connectivity index (χ3n) is 4.88. The molecule has 0 saturated heterocycles. The molecule has 0 aliphatic heterocycles. The molecular formula is C20H22FN3O3S. The van der Waals surface area contributed by atoms with Crippen molar-refractivity contribution in [2.75, 3.05) is 13.7 Å². The monoisotopic (exact) mass is 403 g/mol. The molecular weight excluding hydrogens is 381 g/mol. The second-order valence-electron chi connectivity index (χ2n) is 6.53. The molecule has 1 atom stereocenters. The average molecular weight is 403 g/mol. The number of aromatic nitrogens is 2. The Morgan fingerprint density at radius 2 is 2.04 bits per heavy atom. The number of nitrogens with zero attached hydrogens (tertiary/aromatic N) is 2. The normalized spacial score (nSPS) is 12.5. The number of carbonyl (C=O) groups excluding carboxylic acids is 1. The fourth-order valence-corrected chi connectivity index (χ4v) is 4.34. The van der Waals surface area contributed by atoms with Gasteiger partial charge in [0, 0.05) is 6.04 Å². The van der Waals surface area contributed by atoms with Crippen molar-refractivity contribution in [3.05, 3.63) is 62.3 Å². The Bertz CT molecular complexity index is 1060. The first-order chi connectivity index (χ1) is 13.3. The predicted octanol–water partition coefficient (Wildman–Crippen LogP) is 3.80. The number of nitrogens with one attached hydrogen (secondary N) is 1. The molecule has 3 rings (SSSR count). The van der Waals surface area contributed by atoms with Gasteiger partial charge in [0.25, 0.3) is 5.56 Å². The van der Waals surface area contributed by atoms with Gasteiger partial charge in [0.05, 0.1) is 19.0 Å². The van der Waals surface area contributed by atoms with E-state index >= 15 is 0 Å². The summed E-state index contributed by atoms with van der Waals surface area (Å²) in [6, 6.07) is 6.41. The number of fused-ring (bicyclic) bond motifs is 1. The Labute approximate surface area is 166 Å². The highest BCUT2D eigenvalue weighted by Gasteiger charge is 2.21. The summed E-state index contributed by atoms with van der Waals surface area (Å²) in [7, 11) is 1.31. The minimum absolute atomic E-state index is 0.0160. The van der Waals surface area contributed by atoms with E-state index in [1.807, 2.05) is 13.8 Å². The van der Waals surface area contributed by atoms with E-state index in [1.54, 1.807) is 19.1 Å². The van der Waals surface area contributed by atoms with Gasteiger partial charge in [-0.3, -0.25) is 9.69 Å². The zero-order chi connectivity index (χ0) is 20.4. The van der Waals surface area contributed by atoms with E-state index in [-0.39, 0.29) is 17.4 Å². The fraction of sp³-hybridized carbons (Fsp3) is 0.350. The maximum atomic E-state index is 13.2. The summed E-state index contributed by atoms with van der Waals surface area (Å²) in [5.41, 5.74) is 1.29. The van der Waals surface area contributed by atoms with Crippen LogP contribution in [0.4, 0.5) is 4.39 Å². The minimum atomic E-state index is -0.471. The van der Waals surface area contributed by atoms with Gasteiger partial charge < -0.3 is 9.72 Å². The summed E-state index contributed by atoms with van der Waals surface area (Å²) >= 11 is 1.16. The number of rotatable bonds is 6. The van der Waals surface area contributed by atoms with Crippen molar-refractivity contribution < 1.29 is 13.9 Å². The van der Waals surface area contributed by atoms with Crippen LogP contribution >= 0.6 is 11.3 Å². The smallest absolute Gasteiger partial charge is 0.348 e. The van der Waals surface area contributed by atoms with Crippen molar-refractivity contribution in [1.82, 2.24) is 14.9 Å². The molecule has 0 radical (unpaired) electrons. The number of halogens is 1. The number of methoxy groups -OCH3 is 1. The standard InChI is InChI=1S/C20H22FN3O3S/c1-5-24(12(3)13-6-8-14(21)9-7-13)10-15-22-18(25)16-11(2)17(20(26)27-4)28-19(16)23-15/h6-9,12H,5,10H2,1-4H3,(H,22,23,25). The lowest BCUT2D eigenvalue weighted by Crippen LogP contribution is -2.28. The number of H-pyrrole nitrogens is 1. The van der Waals surface area contributed by atoms with E-state index in [0.717, 1.165) is 23.4 Å². The van der Waals surface area contributed by atoms with Gasteiger partial charge in [0.2, 0.25) is 0 Å². The molecule has 0 aliphatic rings. The fourth-order valence-electron chi connectivity index (χ4n) is 3.22. The number of ether oxygens (including phenoxy) is 1. The topological polar surface area (TPSA) is 75.3 Å². The molecule has 148 valence electrons. The number of hydrogen-bond donors (Lipinski definition) is 1. The summed E-state index contributed by atoms with van der Waals surface area (Å²) in [4.78, 5) is 34.9. The number of aryl methyl sites for hydroxylation is 1. The second kappa shape index (κ2) is 8.20. The second-order valence-corrected chi connectivity index (χ2v) is 7.53. The molecule has 1 N–H and O–H groups in total. The van der Waals surface area contributed by atoms with Crippen LogP contribution in [0.25, 0.3) is 10.2 Å². The van der Waals surface area contributed by atoms with Crippen LogP contribution in [0, 0.1) is 12.7 Å². The Morgan fingerprint density at radius 3 is 2.64 bits per heavy atom. The molecule has 1 aromatic carbocycles. The highest BCUT2D eigenvalue weighted by atomic mass is 32.1. The first-order valence-electron chi connectivity index (χ1n) is 8.95. The molecule has 0 saturated carbocycles. The Kier molecular flexibility index (Phi) is 5.90. The van der Waals surface area contributed by atoms with Crippen molar-refractivity contribution in [2.24, 2.45) is 0 Å². The Morgan fingerprint density at radius 1 is 1.36 bits per heavy atom. The summed E-state index contributed by atoms with van der Waals surface area (Å²) in [5, 5.41) is 0.420. The summed E-state index contributed by atoms with van der Waals surface area (Å²) in [6.07, 6.45) is 0. The van der Waals surface area contributed by atoms with E-state index < -0.39 is 5.97 Å². The van der Waals surface area contributed by atoms with E-state index in [0.29, 0.717) is 33.0 Å². The van der Waals surface area contributed by atoms with Gasteiger partial charge in [-0.15, -0.1) is 11.3 Å². The van der Waals surface area contributed by atoms with Gasteiger partial charge in [0.15, 0.2) is 0 Å². The highest BCUT2D eigenvalue weighted by molar-refractivity contribution is 7.20. The number of hydrogen-bond acceptors (Lipinski definition) is 6. The van der Waals surface area contributed by atoms with Gasteiger partial charge in [-0.1, -0.05) is 19.1 Å². The molecule has 2 aromatic heterocycles. The van der Waals surface area contributed by atoms with E-state index in [4.69, 9.17) is 4.74 Å². The van der Waals surface area contributed by atoms with Crippen LogP contribution in [0.5, 0.6) is 0 Å². The molecule has 1 unspecified atom stereocenters. The molecule has 28 heavy (non-hydrogen) atoms. The zero-order valence-electron chi connectivity index (χ0n) is 16.2. The van der Waals surface area contributed by atoms with Crippen LogP contribution in [0.1, 0.15) is 46.5 Å². The molecule has 0 amide bonds. The molecule has 0 aliphatic carbocycles. The summed E-state index contributed by atoms with van der Waals surface area (Å²) < 4.78 is 18.0. The van der Waals surface area contributed by atoms with Crippen LogP contribution in [-0.4, -0.2) is 34.5 Å². The number of benzene rings is 1. The molecule has 0 bridgehead atoms. The maximum Gasteiger partial charge on any atom is 0.348 e. The predicted molar refractivity (Wildman–Crippen MR) is 107 cm³/mol. The van der Waals surface area contributed by atoms with Crippen molar-refractivity contribution in [1.29, 1.82) is 0 Å². The molecule has 8 heteroatoms. The van der Waals surface area contributed by atoms with Crippen molar-refractivity contribution >= 4 is 27.5 Å². The molecule has 6 nitrogen and oxygen atoms in total. The molecule has 3 aromatic rings. The SMILES string of the molecule is CCN(Cc1nc2sc(C(=O)OC)c(C)c2c(=O)[nH]1)C(C)c1ccc(F)cc1. The van der Waals surface area contributed by atoms with Gasteiger partial charge in [-0.2, -0.15) is 0 Å². The number of carbonyl (C=O) groups is 1. The lowest BCUT2D eigenvalue weighted by Gasteiger charge is -2.27. The largest absolute Gasteiger partial charge is 0.465 e. The van der Waals surface area contributed by atoms with Crippen LogP contribution in [0.3, 0.4) is 0 Å². The number of esters is 1. The van der Waals surface area contributed by atoms with E-state index in [2.05, 4.69) is 14.9 Å². The van der Waals surface area contributed by atoms with E-state index in [9.17, 15) is 14.0 Å². The van der Waals surface area contributed by atoms with Crippen LogP contribution < -0.4 is 5.56 Å². The Balaban J connectivity index is 1.93. The van der Waals surface area contributed by atoms with E-state index in [1.165, 1.54) is 19.2 Å². The highest BCUT2D eigenvalue weighted by Crippen LogP contribution is 2.28. The van der Waals surface area contributed by atoms with Crippen LogP contribution in [-0.2, 0) is 11.3 Å². The summed E-state index contributed by atoms with van der Waals surface area (Å²) in [5.74, 6) is -0.225. The average Bonchev–Trinajstić information content (AvgIpc) is 3.02. The van der Waals surface area contributed by atoms with Gasteiger partial charge in [-0.25, -0.2) is 14.2 Å². The quantitative estimate of drug-likeness (QED) is 0.634. The lowest BCUT2D eigenvalue weighted by atomic mass is 10.1. The number of thiophene rings is 1. The third-order valence-corrected chi connectivity index (χ3v) is 6.05. The van der Waals surface area contributed by atoms with Crippen LogP contribution in [0.15, 0.2) is 29.1 Å². The molecule has 2 heterocycles. The van der Waals surface area contributed by atoms with Gasteiger partial charge in [-0.05, 0) is 43.7 Å². The summed E-state index contributed by atoms with van der Waals surface area (Å²) in [6.45, 7) is 6.90. The maximum absolute atomic E-state index is 13.2.